The molecule has 0 amide bonds. The number of ketones is 2. The number of carbonyl (C=O) groups excluding carboxylic acids is 2. The van der Waals surface area contributed by atoms with E-state index < -0.39 is 0 Å². The number of rotatable bonds is 4. The van der Waals surface area contributed by atoms with Crippen molar-refractivity contribution >= 4 is 11.6 Å². The lowest BCUT2D eigenvalue weighted by molar-refractivity contribution is -0.117. The van der Waals surface area contributed by atoms with E-state index in [1.807, 2.05) is 13.0 Å². The van der Waals surface area contributed by atoms with Crippen molar-refractivity contribution < 1.29 is 19.4 Å². The van der Waals surface area contributed by atoms with Gasteiger partial charge in [-0.1, -0.05) is 6.07 Å². The van der Waals surface area contributed by atoms with Crippen LogP contribution in [-0.2, 0) is 9.59 Å². The lowest BCUT2D eigenvalue weighted by atomic mass is 9.71. The molecular formula is C23H27NO4. The van der Waals surface area contributed by atoms with E-state index in [4.69, 9.17) is 4.74 Å². The Balaban J connectivity index is 1.94. The van der Waals surface area contributed by atoms with Crippen LogP contribution in [-0.4, -0.2) is 34.7 Å². The van der Waals surface area contributed by atoms with E-state index in [1.54, 1.807) is 12.1 Å². The van der Waals surface area contributed by atoms with Gasteiger partial charge < -0.3 is 14.7 Å². The van der Waals surface area contributed by atoms with Crippen LogP contribution in [0.15, 0.2) is 40.7 Å². The fourth-order valence-electron chi connectivity index (χ4n) is 4.91. The standard InChI is InChI=1S/C23H27NO4/c1-3-24-15-7-5-9-18(26)22(15)21(23-16(24)8-6-10-19(23)27)14-11-12-17(25)20(13-14)28-4-2/h11-13,21,25H,3-10H2,1-2H3. The molecule has 0 radical (unpaired) electrons. The molecule has 1 aliphatic heterocycles. The van der Waals surface area contributed by atoms with E-state index >= 15 is 0 Å². The van der Waals surface area contributed by atoms with Crippen LogP contribution >= 0.6 is 0 Å². The minimum atomic E-state index is -0.354. The minimum Gasteiger partial charge on any atom is -0.504 e. The molecule has 148 valence electrons. The number of nitrogens with zero attached hydrogens (tertiary/aromatic N) is 1. The van der Waals surface area contributed by atoms with Gasteiger partial charge in [-0.3, -0.25) is 9.59 Å². The number of carbonyl (C=O) groups is 2. The Bertz CT molecular complexity index is 852. The Labute approximate surface area is 165 Å². The number of ether oxygens (including phenoxy) is 1. The summed E-state index contributed by atoms with van der Waals surface area (Å²) in [6.45, 7) is 5.15. The summed E-state index contributed by atoms with van der Waals surface area (Å²) in [6, 6.07) is 5.22. The van der Waals surface area contributed by atoms with Crippen molar-refractivity contribution in [3.8, 4) is 11.5 Å². The highest BCUT2D eigenvalue weighted by Gasteiger charge is 2.42. The lowest BCUT2D eigenvalue weighted by Gasteiger charge is -2.43. The molecule has 0 saturated carbocycles. The number of allylic oxidation sites excluding steroid dienone is 4. The highest BCUT2D eigenvalue weighted by atomic mass is 16.5. The first-order valence-corrected chi connectivity index (χ1v) is 10.3. The number of hydrogen-bond acceptors (Lipinski definition) is 5. The monoisotopic (exact) mass is 381 g/mol. The normalized spacial score (nSPS) is 20.4. The molecule has 4 rings (SSSR count). The van der Waals surface area contributed by atoms with Crippen LogP contribution in [0.2, 0.25) is 0 Å². The maximum atomic E-state index is 13.0. The van der Waals surface area contributed by atoms with Crippen LogP contribution in [0.25, 0.3) is 0 Å². The Morgan fingerprint density at radius 3 is 2.14 bits per heavy atom. The summed E-state index contributed by atoms with van der Waals surface area (Å²) >= 11 is 0. The molecule has 1 aromatic carbocycles. The predicted molar refractivity (Wildman–Crippen MR) is 106 cm³/mol. The van der Waals surface area contributed by atoms with Crippen molar-refractivity contribution in [2.75, 3.05) is 13.2 Å². The number of benzene rings is 1. The molecule has 1 heterocycles. The van der Waals surface area contributed by atoms with Crippen molar-refractivity contribution in [1.82, 2.24) is 4.90 Å². The Kier molecular flexibility index (Phi) is 5.00. The number of hydrogen-bond donors (Lipinski definition) is 1. The van der Waals surface area contributed by atoms with Crippen LogP contribution in [0.3, 0.4) is 0 Å². The van der Waals surface area contributed by atoms with Crippen molar-refractivity contribution in [1.29, 1.82) is 0 Å². The van der Waals surface area contributed by atoms with Crippen molar-refractivity contribution in [3.05, 3.63) is 46.3 Å². The van der Waals surface area contributed by atoms with E-state index in [-0.39, 0.29) is 23.2 Å². The van der Waals surface area contributed by atoms with Crippen LogP contribution in [0, 0.1) is 0 Å². The smallest absolute Gasteiger partial charge is 0.161 e. The molecule has 0 spiro atoms. The maximum Gasteiger partial charge on any atom is 0.161 e. The molecule has 2 aliphatic carbocycles. The van der Waals surface area contributed by atoms with Gasteiger partial charge in [0.1, 0.15) is 0 Å². The second-order valence-electron chi connectivity index (χ2n) is 7.61. The zero-order valence-corrected chi connectivity index (χ0v) is 16.6. The summed E-state index contributed by atoms with van der Waals surface area (Å²) in [5.74, 6) is 0.396. The van der Waals surface area contributed by atoms with Crippen molar-refractivity contribution in [2.45, 2.75) is 58.3 Å². The molecule has 0 unspecified atom stereocenters. The summed E-state index contributed by atoms with van der Waals surface area (Å²) in [4.78, 5) is 28.3. The van der Waals surface area contributed by atoms with Gasteiger partial charge in [-0.2, -0.15) is 0 Å². The average molecular weight is 381 g/mol. The number of aromatic hydroxyl groups is 1. The summed E-state index contributed by atoms with van der Waals surface area (Å²) in [7, 11) is 0. The third-order valence-corrected chi connectivity index (χ3v) is 6.02. The topological polar surface area (TPSA) is 66.8 Å². The van der Waals surface area contributed by atoms with Crippen molar-refractivity contribution in [3.63, 3.8) is 0 Å². The lowest BCUT2D eigenvalue weighted by Crippen LogP contribution is -2.39. The summed E-state index contributed by atoms with van der Waals surface area (Å²) in [6.07, 6.45) is 4.51. The molecule has 3 aliphatic rings. The fraction of sp³-hybridized carbons (Fsp3) is 0.478. The zero-order valence-electron chi connectivity index (χ0n) is 16.6. The van der Waals surface area contributed by atoms with E-state index in [9.17, 15) is 14.7 Å². The van der Waals surface area contributed by atoms with Gasteiger partial charge in [-0.05, 0) is 57.2 Å². The average Bonchev–Trinajstić information content (AvgIpc) is 2.69. The van der Waals surface area contributed by atoms with Crippen LogP contribution in [0.5, 0.6) is 11.5 Å². The number of Topliss-reactive ketones (excluding diaryl/α,β-unsaturated/α-hetero) is 2. The number of phenols is 1. The Morgan fingerprint density at radius 2 is 1.61 bits per heavy atom. The highest BCUT2D eigenvalue weighted by Crippen LogP contribution is 2.49. The second kappa shape index (κ2) is 7.46. The summed E-state index contributed by atoms with van der Waals surface area (Å²) < 4.78 is 5.57. The fourth-order valence-corrected chi connectivity index (χ4v) is 4.91. The van der Waals surface area contributed by atoms with Gasteiger partial charge >= 0.3 is 0 Å². The zero-order chi connectivity index (χ0) is 19.8. The SMILES string of the molecule is CCOc1cc(C2C3=C(CCCC3=O)N(CC)C3=C2C(=O)CCC3)ccc1O. The van der Waals surface area contributed by atoms with Gasteiger partial charge in [0, 0.05) is 47.8 Å². The largest absolute Gasteiger partial charge is 0.504 e. The van der Waals surface area contributed by atoms with Gasteiger partial charge in [-0.25, -0.2) is 0 Å². The van der Waals surface area contributed by atoms with Crippen LogP contribution in [0.4, 0.5) is 0 Å². The molecule has 0 saturated heterocycles. The van der Waals surface area contributed by atoms with Gasteiger partial charge in [0.2, 0.25) is 0 Å². The third-order valence-electron chi connectivity index (χ3n) is 6.02. The molecule has 0 fully saturated rings. The maximum absolute atomic E-state index is 13.0. The first-order chi connectivity index (χ1) is 13.6. The summed E-state index contributed by atoms with van der Waals surface area (Å²) in [5.41, 5.74) is 4.57. The molecule has 5 heteroatoms. The van der Waals surface area contributed by atoms with E-state index in [0.717, 1.165) is 60.3 Å². The molecule has 5 nitrogen and oxygen atoms in total. The van der Waals surface area contributed by atoms with E-state index in [1.165, 1.54) is 0 Å². The quantitative estimate of drug-likeness (QED) is 0.846. The molecule has 28 heavy (non-hydrogen) atoms. The second-order valence-corrected chi connectivity index (χ2v) is 7.61. The Hall–Kier alpha value is -2.56. The molecular weight excluding hydrogens is 354 g/mol. The first kappa shape index (κ1) is 18.8. The van der Waals surface area contributed by atoms with Crippen LogP contribution in [0.1, 0.15) is 63.9 Å². The van der Waals surface area contributed by atoms with Crippen molar-refractivity contribution in [2.24, 2.45) is 0 Å². The third kappa shape index (κ3) is 2.93. The predicted octanol–water partition coefficient (Wildman–Crippen LogP) is 4.22. The van der Waals surface area contributed by atoms with E-state index in [2.05, 4.69) is 11.8 Å². The molecule has 1 N–H and O–H groups in total. The van der Waals surface area contributed by atoms with Gasteiger partial charge in [-0.15, -0.1) is 0 Å². The minimum absolute atomic E-state index is 0.0740. The molecule has 1 aromatic rings. The van der Waals surface area contributed by atoms with Gasteiger partial charge in [0.15, 0.2) is 23.1 Å². The van der Waals surface area contributed by atoms with Gasteiger partial charge in [0.25, 0.3) is 0 Å². The Morgan fingerprint density at radius 1 is 1.00 bits per heavy atom. The first-order valence-electron chi connectivity index (χ1n) is 10.3. The van der Waals surface area contributed by atoms with Gasteiger partial charge in [0.05, 0.1) is 6.61 Å². The molecule has 0 bridgehead atoms. The van der Waals surface area contributed by atoms with E-state index in [0.29, 0.717) is 25.2 Å². The molecule has 0 aromatic heterocycles. The van der Waals surface area contributed by atoms with Crippen LogP contribution < -0.4 is 4.74 Å². The summed E-state index contributed by atoms with van der Waals surface area (Å²) in [5, 5.41) is 10.1. The highest BCUT2D eigenvalue weighted by molar-refractivity contribution is 6.06. The molecule has 0 atom stereocenters. The number of phenolic OH excluding ortho intramolecular Hbond substituents is 1.